The molecule has 0 aromatic heterocycles. The highest BCUT2D eigenvalue weighted by atomic mass is 16.5. The molecule has 1 unspecified atom stereocenters. The normalized spacial score (nSPS) is 32.9. The predicted octanol–water partition coefficient (Wildman–Crippen LogP) is 1.69. The quantitative estimate of drug-likeness (QED) is 0.853. The molecule has 1 spiro atoms. The van der Waals surface area contributed by atoms with Crippen molar-refractivity contribution < 1.29 is 14.3 Å². The van der Waals surface area contributed by atoms with Crippen LogP contribution in [0.2, 0.25) is 0 Å². The van der Waals surface area contributed by atoms with Gasteiger partial charge in [-0.05, 0) is 30.2 Å². The fourth-order valence-electron chi connectivity index (χ4n) is 3.59. The number of carbonyl (C=O) groups is 2. The molecule has 1 aromatic carbocycles. The summed E-state index contributed by atoms with van der Waals surface area (Å²) < 4.78 is 5.34. The Bertz CT molecular complexity index is 520. The summed E-state index contributed by atoms with van der Waals surface area (Å²) in [6, 6.07) is 9.99. The number of hydrogen-bond donors (Lipinski definition) is 1. The Morgan fingerprint density at radius 2 is 1.95 bits per heavy atom. The predicted molar refractivity (Wildman–Crippen MR) is 73.9 cm³/mol. The second-order valence-corrected chi connectivity index (χ2v) is 5.96. The molecular weight excluding hydrogens is 254 g/mol. The maximum Gasteiger partial charge on any atom is 0.230 e. The highest BCUT2D eigenvalue weighted by Gasteiger charge is 2.55. The van der Waals surface area contributed by atoms with Gasteiger partial charge in [0.15, 0.2) is 0 Å². The second-order valence-electron chi connectivity index (χ2n) is 5.96. The molecule has 1 aliphatic heterocycles. The fraction of sp³-hybridized carbons (Fsp3) is 0.500. The number of ether oxygens (including phenoxy) is 1. The lowest BCUT2D eigenvalue weighted by molar-refractivity contribution is -0.159. The third-order valence-corrected chi connectivity index (χ3v) is 4.72. The van der Waals surface area contributed by atoms with Gasteiger partial charge in [-0.2, -0.15) is 0 Å². The Morgan fingerprint density at radius 3 is 2.60 bits per heavy atom. The van der Waals surface area contributed by atoms with E-state index >= 15 is 0 Å². The molecular formula is C16H19NO3. The summed E-state index contributed by atoms with van der Waals surface area (Å²) in [6.07, 6.45) is 2.93. The number of carbonyl (C=O) groups excluding carboxylic acids is 2. The molecule has 1 atom stereocenters. The molecule has 2 aliphatic rings. The minimum atomic E-state index is -0.198. The second kappa shape index (κ2) is 5.02. The highest BCUT2D eigenvalue weighted by molar-refractivity contribution is 6.00. The Balaban J connectivity index is 1.82. The molecule has 1 saturated carbocycles. The molecule has 2 amide bonds. The van der Waals surface area contributed by atoms with Crippen molar-refractivity contribution in [3.63, 3.8) is 0 Å². The van der Waals surface area contributed by atoms with Gasteiger partial charge in [0.1, 0.15) is 0 Å². The zero-order chi connectivity index (χ0) is 14.2. The molecule has 0 bridgehead atoms. The van der Waals surface area contributed by atoms with Gasteiger partial charge in [0.05, 0.1) is 6.10 Å². The number of methoxy groups -OCH3 is 1. The van der Waals surface area contributed by atoms with Crippen molar-refractivity contribution in [2.75, 3.05) is 7.11 Å². The van der Waals surface area contributed by atoms with Crippen molar-refractivity contribution in [2.45, 2.75) is 31.8 Å². The van der Waals surface area contributed by atoms with E-state index in [9.17, 15) is 9.59 Å². The van der Waals surface area contributed by atoms with Gasteiger partial charge in [-0.25, -0.2) is 0 Å². The number of rotatable bonds is 3. The molecule has 4 nitrogen and oxygen atoms in total. The Kier molecular flexibility index (Phi) is 3.34. The van der Waals surface area contributed by atoms with E-state index in [2.05, 4.69) is 5.32 Å². The minimum Gasteiger partial charge on any atom is -0.381 e. The van der Waals surface area contributed by atoms with Gasteiger partial charge in [0, 0.05) is 19.4 Å². The summed E-state index contributed by atoms with van der Waals surface area (Å²) in [4.78, 5) is 23.9. The van der Waals surface area contributed by atoms with Gasteiger partial charge in [0.25, 0.3) is 0 Å². The van der Waals surface area contributed by atoms with E-state index in [1.165, 1.54) is 0 Å². The number of amides is 2. The van der Waals surface area contributed by atoms with Crippen molar-refractivity contribution in [1.29, 1.82) is 0 Å². The van der Waals surface area contributed by atoms with Crippen LogP contribution in [0.4, 0.5) is 0 Å². The topological polar surface area (TPSA) is 55.4 Å². The first-order chi connectivity index (χ1) is 9.63. The summed E-state index contributed by atoms with van der Waals surface area (Å²) >= 11 is 0. The molecule has 20 heavy (non-hydrogen) atoms. The first-order valence-electron chi connectivity index (χ1n) is 7.03. The Morgan fingerprint density at radius 1 is 1.25 bits per heavy atom. The van der Waals surface area contributed by atoms with Crippen molar-refractivity contribution in [3.05, 3.63) is 35.9 Å². The third kappa shape index (κ3) is 2.24. The summed E-state index contributed by atoms with van der Waals surface area (Å²) in [6.45, 7) is 0. The zero-order valence-corrected chi connectivity index (χ0v) is 11.6. The van der Waals surface area contributed by atoms with Crippen LogP contribution in [0, 0.1) is 11.3 Å². The monoisotopic (exact) mass is 273 g/mol. The average molecular weight is 273 g/mol. The number of piperidine rings is 1. The molecule has 1 aliphatic carbocycles. The van der Waals surface area contributed by atoms with E-state index < -0.39 is 0 Å². The van der Waals surface area contributed by atoms with Crippen LogP contribution in [0.1, 0.15) is 24.8 Å². The van der Waals surface area contributed by atoms with Crippen LogP contribution in [0.25, 0.3) is 0 Å². The molecule has 1 N–H and O–H groups in total. The van der Waals surface area contributed by atoms with Crippen LogP contribution in [0.3, 0.4) is 0 Å². The summed E-state index contributed by atoms with van der Waals surface area (Å²) in [5.41, 5.74) is 0.942. The first kappa shape index (κ1) is 13.3. The van der Waals surface area contributed by atoms with E-state index in [0.29, 0.717) is 12.8 Å². The van der Waals surface area contributed by atoms with E-state index in [1.807, 2.05) is 30.3 Å². The third-order valence-electron chi connectivity index (χ3n) is 4.72. The Labute approximate surface area is 118 Å². The largest absolute Gasteiger partial charge is 0.381 e. The minimum absolute atomic E-state index is 0.125. The zero-order valence-electron chi connectivity index (χ0n) is 11.6. The molecule has 106 valence electrons. The molecule has 4 heteroatoms. The number of hydrogen-bond acceptors (Lipinski definition) is 3. The van der Waals surface area contributed by atoms with Crippen molar-refractivity contribution >= 4 is 11.8 Å². The maximum absolute atomic E-state index is 12.2. The highest BCUT2D eigenvalue weighted by Crippen LogP contribution is 2.53. The van der Waals surface area contributed by atoms with Gasteiger partial charge >= 0.3 is 0 Å². The molecule has 3 rings (SSSR count). The van der Waals surface area contributed by atoms with Crippen molar-refractivity contribution in [2.24, 2.45) is 11.3 Å². The lowest BCUT2D eigenvalue weighted by atomic mass is 9.55. The van der Waals surface area contributed by atoms with E-state index in [-0.39, 0.29) is 29.3 Å². The fourth-order valence-corrected chi connectivity index (χ4v) is 3.59. The first-order valence-corrected chi connectivity index (χ1v) is 7.03. The van der Waals surface area contributed by atoms with Crippen LogP contribution in [-0.4, -0.2) is 25.0 Å². The van der Waals surface area contributed by atoms with E-state index in [1.54, 1.807) is 7.11 Å². The smallest absolute Gasteiger partial charge is 0.230 e. The standard InChI is InChI=1S/C16H19NO3/c1-20-12-8-16(9-12)10-14(18)17-15(19)13(16)7-11-5-3-2-4-6-11/h2-6,12-13H,7-10H2,1H3,(H,17,18,19). The van der Waals surface area contributed by atoms with Gasteiger partial charge in [-0.3, -0.25) is 14.9 Å². The van der Waals surface area contributed by atoms with Gasteiger partial charge < -0.3 is 4.74 Å². The summed E-state index contributed by atoms with van der Waals surface area (Å²) in [5.74, 6) is -0.400. The SMILES string of the molecule is COC1CC2(CC(=O)NC(=O)C2Cc2ccccc2)C1. The van der Waals surface area contributed by atoms with E-state index in [4.69, 9.17) is 4.74 Å². The Hall–Kier alpha value is -1.68. The molecule has 0 radical (unpaired) electrons. The maximum atomic E-state index is 12.2. The van der Waals surface area contributed by atoms with Crippen LogP contribution >= 0.6 is 0 Å². The number of nitrogens with one attached hydrogen (secondary N) is 1. The summed E-state index contributed by atoms with van der Waals surface area (Å²) in [5, 5.41) is 2.49. The lowest BCUT2D eigenvalue weighted by Gasteiger charge is -2.52. The molecule has 1 aromatic rings. The lowest BCUT2D eigenvalue weighted by Crippen LogP contribution is -2.59. The number of imide groups is 1. The average Bonchev–Trinajstić information content (AvgIpc) is 2.40. The van der Waals surface area contributed by atoms with Crippen LogP contribution < -0.4 is 5.32 Å². The van der Waals surface area contributed by atoms with Crippen LogP contribution in [0.5, 0.6) is 0 Å². The molecule has 1 saturated heterocycles. The van der Waals surface area contributed by atoms with Gasteiger partial charge in [0.2, 0.25) is 11.8 Å². The molecule has 1 heterocycles. The number of benzene rings is 1. The van der Waals surface area contributed by atoms with Crippen LogP contribution in [0.15, 0.2) is 30.3 Å². The van der Waals surface area contributed by atoms with Crippen molar-refractivity contribution in [1.82, 2.24) is 5.32 Å². The van der Waals surface area contributed by atoms with E-state index in [0.717, 1.165) is 18.4 Å². The van der Waals surface area contributed by atoms with Gasteiger partial charge in [-0.1, -0.05) is 30.3 Å². The molecule has 2 fully saturated rings. The van der Waals surface area contributed by atoms with Crippen molar-refractivity contribution in [3.8, 4) is 0 Å². The van der Waals surface area contributed by atoms with Gasteiger partial charge in [-0.15, -0.1) is 0 Å². The summed E-state index contributed by atoms with van der Waals surface area (Å²) in [7, 11) is 1.69. The van der Waals surface area contributed by atoms with Crippen LogP contribution in [-0.2, 0) is 20.7 Å².